The van der Waals surface area contributed by atoms with E-state index in [0.717, 1.165) is 16.4 Å². The molecule has 2 rings (SSSR count). The Morgan fingerprint density at radius 1 is 1.55 bits per heavy atom. The van der Waals surface area contributed by atoms with Gasteiger partial charge in [-0.3, -0.25) is 9.48 Å². The highest BCUT2D eigenvalue weighted by Crippen LogP contribution is 2.16. The van der Waals surface area contributed by atoms with Gasteiger partial charge in [-0.05, 0) is 28.9 Å². The summed E-state index contributed by atoms with van der Waals surface area (Å²) in [4.78, 5) is 11.8. The van der Waals surface area contributed by atoms with Gasteiger partial charge in [0.25, 0.3) is 5.91 Å². The molecule has 0 aliphatic rings. The summed E-state index contributed by atoms with van der Waals surface area (Å²) in [5.74, 6) is -0.514. The molecule has 0 radical (unpaired) electrons. The Bertz CT molecular complexity index is 610. The first-order valence-electron chi connectivity index (χ1n) is 5.84. The minimum atomic E-state index is -2.76. The molecule has 108 valence electrons. The van der Waals surface area contributed by atoms with Gasteiger partial charge >= 0.3 is 6.55 Å². The van der Waals surface area contributed by atoms with Gasteiger partial charge in [-0.2, -0.15) is 19.0 Å². The van der Waals surface area contributed by atoms with E-state index >= 15 is 0 Å². The molecular formula is C11H12BrF2N5O. The smallest absolute Gasteiger partial charge is 0.333 e. The molecule has 1 amide bonds. The molecule has 0 saturated carbocycles. The molecule has 0 unspecified atom stereocenters. The zero-order valence-corrected chi connectivity index (χ0v) is 12.1. The number of nitrogens with zero attached hydrogens (tertiary/aromatic N) is 4. The maximum atomic E-state index is 12.4. The average Bonchev–Trinajstić information content (AvgIpc) is 3.03. The zero-order chi connectivity index (χ0) is 14.7. The Balaban J connectivity index is 2.02. The highest BCUT2D eigenvalue weighted by molar-refractivity contribution is 9.10. The lowest BCUT2D eigenvalue weighted by molar-refractivity contribution is 0.0560. The largest absolute Gasteiger partial charge is 0.345 e. The molecule has 6 nitrogen and oxygen atoms in total. The van der Waals surface area contributed by atoms with Crippen LogP contribution in [0.3, 0.4) is 0 Å². The normalized spacial score (nSPS) is 11.1. The summed E-state index contributed by atoms with van der Waals surface area (Å²) in [6, 6.07) is 1.24. The monoisotopic (exact) mass is 347 g/mol. The molecule has 0 fully saturated rings. The third-order valence-electron chi connectivity index (χ3n) is 2.65. The van der Waals surface area contributed by atoms with Gasteiger partial charge in [-0.15, -0.1) is 0 Å². The Hall–Kier alpha value is -1.77. The van der Waals surface area contributed by atoms with E-state index in [0.29, 0.717) is 11.2 Å². The predicted molar refractivity (Wildman–Crippen MR) is 70.3 cm³/mol. The SMILES string of the molecule is CCn1ncc(Br)c1CNC(=O)c1ccn(C(F)F)n1. The maximum Gasteiger partial charge on any atom is 0.333 e. The Morgan fingerprint density at radius 2 is 2.30 bits per heavy atom. The molecule has 0 saturated heterocycles. The molecule has 1 N–H and O–H groups in total. The van der Waals surface area contributed by atoms with Crippen LogP contribution >= 0.6 is 15.9 Å². The summed E-state index contributed by atoms with van der Waals surface area (Å²) in [6.45, 7) is 0.0629. The standard InChI is InChI=1S/C11H12BrF2N5O/c1-2-18-9(7(12)5-16-18)6-15-10(20)8-3-4-19(17-8)11(13)14/h3-5,11H,2,6H2,1H3,(H,15,20). The summed E-state index contributed by atoms with van der Waals surface area (Å²) in [7, 11) is 0. The molecule has 9 heteroatoms. The van der Waals surface area contributed by atoms with Crippen LogP contribution in [0.1, 0.15) is 29.7 Å². The van der Waals surface area contributed by atoms with E-state index in [4.69, 9.17) is 0 Å². The lowest BCUT2D eigenvalue weighted by Crippen LogP contribution is -2.25. The second-order valence-corrected chi connectivity index (χ2v) is 4.75. The fourth-order valence-corrected chi connectivity index (χ4v) is 2.09. The van der Waals surface area contributed by atoms with Crippen LogP contribution in [0.4, 0.5) is 8.78 Å². The fraction of sp³-hybridized carbons (Fsp3) is 0.364. The Kier molecular flexibility index (Phi) is 4.48. The topological polar surface area (TPSA) is 64.7 Å². The van der Waals surface area contributed by atoms with Gasteiger partial charge in [0.05, 0.1) is 22.9 Å². The summed E-state index contributed by atoms with van der Waals surface area (Å²) in [6.07, 6.45) is 2.70. The molecule has 0 spiro atoms. The van der Waals surface area contributed by atoms with E-state index in [9.17, 15) is 13.6 Å². The first kappa shape index (κ1) is 14.6. The van der Waals surface area contributed by atoms with Crippen molar-refractivity contribution < 1.29 is 13.6 Å². The van der Waals surface area contributed by atoms with Crippen molar-refractivity contribution in [2.24, 2.45) is 0 Å². The highest BCUT2D eigenvalue weighted by atomic mass is 79.9. The minimum absolute atomic E-state index is 0.0519. The van der Waals surface area contributed by atoms with Gasteiger partial charge in [-0.25, -0.2) is 4.68 Å². The Labute approximate surface area is 121 Å². The van der Waals surface area contributed by atoms with E-state index in [1.165, 1.54) is 6.07 Å². The summed E-state index contributed by atoms with van der Waals surface area (Å²) in [5, 5.41) is 10.2. The summed E-state index contributed by atoms with van der Waals surface area (Å²) >= 11 is 3.33. The lowest BCUT2D eigenvalue weighted by Gasteiger charge is -2.06. The second-order valence-electron chi connectivity index (χ2n) is 3.90. The van der Waals surface area contributed by atoms with Gasteiger partial charge in [0.15, 0.2) is 0 Å². The van der Waals surface area contributed by atoms with Crippen molar-refractivity contribution in [2.45, 2.75) is 26.6 Å². The van der Waals surface area contributed by atoms with E-state index in [2.05, 4.69) is 31.4 Å². The van der Waals surface area contributed by atoms with Crippen LogP contribution in [0.15, 0.2) is 22.9 Å². The number of carbonyl (C=O) groups is 1. The van der Waals surface area contributed by atoms with Crippen LogP contribution in [-0.2, 0) is 13.1 Å². The van der Waals surface area contributed by atoms with Gasteiger partial charge in [-0.1, -0.05) is 0 Å². The molecule has 0 bridgehead atoms. The van der Waals surface area contributed by atoms with Crippen LogP contribution < -0.4 is 5.32 Å². The number of aromatic nitrogens is 4. The number of amides is 1. The van der Waals surface area contributed by atoms with Gasteiger partial charge in [0, 0.05) is 12.7 Å². The molecule has 20 heavy (non-hydrogen) atoms. The van der Waals surface area contributed by atoms with Gasteiger partial charge in [0.2, 0.25) is 0 Å². The second kappa shape index (κ2) is 6.12. The quantitative estimate of drug-likeness (QED) is 0.901. The maximum absolute atomic E-state index is 12.4. The number of rotatable bonds is 5. The van der Waals surface area contributed by atoms with E-state index < -0.39 is 12.5 Å². The number of aryl methyl sites for hydroxylation is 1. The third-order valence-corrected chi connectivity index (χ3v) is 3.32. The molecule has 0 atom stereocenters. The van der Waals surface area contributed by atoms with Crippen LogP contribution in [0.2, 0.25) is 0 Å². The number of halogens is 3. The van der Waals surface area contributed by atoms with Gasteiger partial charge in [0.1, 0.15) is 5.69 Å². The summed E-state index contributed by atoms with van der Waals surface area (Å²) in [5.41, 5.74) is 0.748. The van der Waals surface area contributed by atoms with Crippen LogP contribution in [0.25, 0.3) is 0 Å². The first-order valence-corrected chi connectivity index (χ1v) is 6.64. The lowest BCUT2D eigenvalue weighted by atomic mass is 10.3. The number of alkyl halides is 2. The van der Waals surface area contributed by atoms with Crippen molar-refractivity contribution in [3.05, 3.63) is 34.3 Å². The highest BCUT2D eigenvalue weighted by Gasteiger charge is 2.14. The molecular weight excluding hydrogens is 336 g/mol. The molecule has 0 aliphatic carbocycles. The van der Waals surface area contributed by atoms with Crippen molar-refractivity contribution in [3.63, 3.8) is 0 Å². The van der Waals surface area contributed by atoms with Crippen molar-refractivity contribution in [2.75, 3.05) is 0 Å². The van der Waals surface area contributed by atoms with Crippen molar-refractivity contribution in [1.82, 2.24) is 24.9 Å². The first-order chi connectivity index (χ1) is 9.52. The Morgan fingerprint density at radius 3 is 2.90 bits per heavy atom. The number of hydrogen-bond donors (Lipinski definition) is 1. The molecule has 0 aliphatic heterocycles. The minimum Gasteiger partial charge on any atom is -0.345 e. The van der Waals surface area contributed by atoms with E-state index in [-0.39, 0.29) is 12.2 Å². The number of carbonyl (C=O) groups excluding carboxylic acids is 1. The van der Waals surface area contributed by atoms with Crippen LogP contribution in [-0.4, -0.2) is 25.5 Å². The van der Waals surface area contributed by atoms with E-state index in [1.54, 1.807) is 10.9 Å². The summed E-state index contributed by atoms with van der Waals surface area (Å²) < 4.78 is 27.6. The van der Waals surface area contributed by atoms with Crippen molar-refractivity contribution >= 4 is 21.8 Å². The van der Waals surface area contributed by atoms with Gasteiger partial charge < -0.3 is 5.32 Å². The molecule has 2 aromatic rings. The average molecular weight is 348 g/mol. The fourth-order valence-electron chi connectivity index (χ4n) is 1.66. The van der Waals surface area contributed by atoms with Crippen molar-refractivity contribution in [3.8, 4) is 0 Å². The molecule has 2 aromatic heterocycles. The van der Waals surface area contributed by atoms with Crippen LogP contribution in [0, 0.1) is 0 Å². The van der Waals surface area contributed by atoms with Crippen molar-refractivity contribution in [1.29, 1.82) is 0 Å². The predicted octanol–water partition coefficient (Wildman–Crippen LogP) is 2.19. The van der Waals surface area contributed by atoms with Crippen LogP contribution in [0.5, 0.6) is 0 Å². The zero-order valence-electron chi connectivity index (χ0n) is 10.6. The molecule has 0 aromatic carbocycles. The number of hydrogen-bond acceptors (Lipinski definition) is 3. The van der Waals surface area contributed by atoms with E-state index in [1.807, 2.05) is 6.92 Å². The third kappa shape index (κ3) is 3.03. The molecule has 2 heterocycles. The number of nitrogens with one attached hydrogen (secondary N) is 1.